The number of rotatable bonds is 2. The molecule has 0 spiro atoms. The molecule has 0 saturated heterocycles. The zero-order valence-corrected chi connectivity index (χ0v) is 12.4. The number of fused-ring (bicyclic) bond motifs is 1. The van der Waals surface area contributed by atoms with Crippen molar-refractivity contribution >= 4 is 17.2 Å². The molecule has 0 atom stereocenters. The Morgan fingerprint density at radius 2 is 1.64 bits per heavy atom. The molecule has 2 aromatic carbocycles. The minimum atomic E-state index is 0.710. The van der Waals surface area contributed by atoms with E-state index in [9.17, 15) is 0 Å². The van der Waals surface area contributed by atoms with E-state index >= 15 is 0 Å². The van der Waals surface area contributed by atoms with Crippen molar-refractivity contribution in [3.05, 3.63) is 78.2 Å². The molecule has 2 heterocycles. The van der Waals surface area contributed by atoms with Gasteiger partial charge >= 0.3 is 0 Å². The van der Waals surface area contributed by atoms with Crippen LogP contribution in [0.1, 0.15) is 0 Å². The van der Waals surface area contributed by atoms with Gasteiger partial charge in [0.1, 0.15) is 5.69 Å². The molecule has 0 fully saturated rings. The van der Waals surface area contributed by atoms with Crippen molar-refractivity contribution in [1.82, 2.24) is 14.4 Å². The lowest BCUT2D eigenvalue weighted by Crippen LogP contribution is -1.95. The first-order chi connectivity index (χ1) is 10.8. The third-order valence-electron chi connectivity index (χ3n) is 3.56. The number of hydrogen-bond donors (Lipinski definition) is 0. The summed E-state index contributed by atoms with van der Waals surface area (Å²) in [6.07, 6.45) is 5.71. The third-order valence-corrected chi connectivity index (χ3v) is 3.81. The lowest BCUT2D eigenvalue weighted by molar-refractivity contribution is 1.13. The molecule has 4 heteroatoms. The van der Waals surface area contributed by atoms with E-state index < -0.39 is 0 Å². The molecule has 0 aliphatic rings. The van der Waals surface area contributed by atoms with E-state index in [0.29, 0.717) is 5.02 Å². The number of nitrogens with zero attached hydrogens (tertiary/aromatic N) is 3. The van der Waals surface area contributed by atoms with Crippen LogP contribution in [0.2, 0.25) is 5.02 Å². The maximum absolute atomic E-state index is 5.98. The van der Waals surface area contributed by atoms with E-state index in [1.165, 1.54) is 0 Å². The lowest BCUT2D eigenvalue weighted by Gasteiger charge is -2.08. The summed E-state index contributed by atoms with van der Waals surface area (Å²) in [5.74, 6) is 0. The second-order valence-corrected chi connectivity index (χ2v) is 5.44. The molecule has 0 unspecified atom stereocenters. The van der Waals surface area contributed by atoms with E-state index in [4.69, 9.17) is 16.6 Å². The summed E-state index contributed by atoms with van der Waals surface area (Å²) in [5.41, 5.74) is 4.67. The SMILES string of the molecule is Clc1ccc(-c2nc(-c3ccccc3)cn3ccnc23)cc1. The molecule has 0 aliphatic heterocycles. The molecule has 2 aromatic heterocycles. The maximum atomic E-state index is 5.98. The summed E-state index contributed by atoms with van der Waals surface area (Å²) in [7, 11) is 0. The molecule has 0 amide bonds. The minimum Gasteiger partial charge on any atom is -0.303 e. The van der Waals surface area contributed by atoms with Gasteiger partial charge in [0.15, 0.2) is 5.65 Å². The van der Waals surface area contributed by atoms with Crippen LogP contribution in [0.4, 0.5) is 0 Å². The van der Waals surface area contributed by atoms with Gasteiger partial charge in [-0.25, -0.2) is 9.97 Å². The summed E-state index contributed by atoms with van der Waals surface area (Å²) >= 11 is 5.98. The minimum absolute atomic E-state index is 0.710. The van der Waals surface area contributed by atoms with Crippen molar-refractivity contribution < 1.29 is 0 Å². The largest absolute Gasteiger partial charge is 0.303 e. The topological polar surface area (TPSA) is 30.2 Å². The van der Waals surface area contributed by atoms with Gasteiger partial charge in [0.2, 0.25) is 0 Å². The lowest BCUT2D eigenvalue weighted by atomic mass is 10.1. The zero-order chi connectivity index (χ0) is 14.9. The van der Waals surface area contributed by atoms with Gasteiger partial charge in [-0.3, -0.25) is 0 Å². The quantitative estimate of drug-likeness (QED) is 0.536. The highest BCUT2D eigenvalue weighted by Gasteiger charge is 2.10. The first-order valence-corrected chi connectivity index (χ1v) is 7.34. The van der Waals surface area contributed by atoms with Crippen molar-refractivity contribution in [1.29, 1.82) is 0 Å². The van der Waals surface area contributed by atoms with E-state index in [-0.39, 0.29) is 0 Å². The maximum Gasteiger partial charge on any atom is 0.163 e. The Kier molecular flexibility index (Phi) is 3.13. The van der Waals surface area contributed by atoms with Crippen LogP contribution >= 0.6 is 11.6 Å². The van der Waals surface area contributed by atoms with Crippen LogP contribution in [-0.4, -0.2) is 14.4 Å². The Morgan fingerprint density at radius 3 is 2.41 bits per heavy atom. The van der Waals surface area contributed by atoms with Crippen LogP contribution < -0.4 is 0 Å². The van der Waals surface area contributed by atoms with E-state index in [1.807, 2.05) is 59.3 Å². The molecule has 0 N–H and O–H groups in total. The van der Waals surface area contributed by atoms with Crippen molar-refractivity contribution in [3.8, 4) is 22.5 Å². The predicted molar refractivity (Wildman–Crippen MR) is 88.9 cm³/mol. The van der Waals surface area contributed by atoms with Crippen LogP contribution in [0.25, 0.3) is 28.2 Å². The van der Waals surface area contributed by atoms with Crippen molar-refractivity contribution in [2.75, 3.05) is 0 Å². The molecule has 4 rings (SSSR count). The molecule has 0 radical (unpaired) electrons. The summed E-state index contributed by atoms with van der Waals surface area (Å²) in [4.78, 5) is 9.24. The normalized spacial score (nSPS) is 11.0. The van der Waals surface area contributed by atoms with Gasteiger partial charge in [0, 0.05) is 34.7 Å². The fraction of sp³-hybridized carbons (Fsp3) is 0. The van der Waals surface area contributed by atoms with Crippen LogP contribution in [-0.2, 0) is 0 Å². The van der Waals surface area contributed by atoms with Crippen LogP contribution in [0.15, 0.2) is 73.2 Å². The first kappa shape index (κ1) is 13.0. The van der Waals surface area contributed by atoms with Gasteiger partial charge in [0.05, 0.1) is 5.69 Å². The van der Waals surface area contributed by atoms with E-state index in [0.717, 1.165) is 28.2 Å². The van der Waals surface area contributed by atoms with Gasteiger partial charge in [-0.05, 0) is 12.1 Å². The molecule has 106 valence electrons. The molecule has 3 nitrogen and oxygen atoms in total. The average molecular weight is 306 g/mol. The van der Waals surface area contributed by atoms with E-state index in [1.54, 1.807) is 6.20 Å². The summed E-state index contributed by atoms with van der Waals surface area (Å²) in [5, 5.41) is 0.710. The third kappa shape index (κ3) is 2.26. The second kappa shape index (κ2) is 5.28. The molecule has 4 aromatic rings. The Labute approximate surface area is 132 Å². The first-order valence-electron chi connectivity index (χ1n) is 6.96. The Hall–Kier alpha value is -2.65. The number of imidazole rings is 1. The zero-order valence-electron chi connectivity index (χ0n) is 11.6. The van der Waals surface area contributed by atoms with Gasteiger partial charge in [-0.1, -0.05) is 54.1 Å². The monoisotopic (exact) mass is 305 g/mol. The number of aromatic nitrogens is 3. The summed E-state index contributed by atoms with van der Waals surface area (Å²) < 4.78 is 2.00. The Bertz CT molecular complexity index is 928. The Balaban J connectivity index is 1.97. The molecular formula is C18H12ClN3. The highest BCUT2D eigenvalue weighted by atomic mass is 35.5. The van der Waals surface area contributed by atoms with Gasteiger partial charge in [-0.15, -0.1) is 0 Å². The summed E-state index contributed by atoms with van der Waals surface area (Å²) in [6, 6.07) is 17.8. The van der Waals surface area contributed by atoms with Crippen LogP contribution in [0.3, 0.4) is 0 Å². The average Bonchev–Trinajstić information content (AvgIpc) is 3.04. The highest BCUT2D eigenvalue weighted by Crippen LogP contribution is 2.27. The smallest absolute Gasteiger partial charge is 0.163 e. The number of halogens is 1. The number of hydrogen-bond acceptors (Lipinski definition) is 2. The van der Waals surface area contributed by atoms with Crippen molar-refractivity contribution in [3.63, 3.8) is 0 Å². The molecule has 0 aliphatic carbocycles. The fourth-order valence-corrected chi connectivity index (χ4v) is 2.61. The van der Waals surface area contributed by atoms with Crippen LogP contribution in [0.5, 0.6) is 0 Å². The van der Waals surface area contributed by atoms with Gasteiger partial charge < -0.3 is 4.40 Å². The fourth-order valence-electron chi connectivity index (χ4n) is 2.48. The molecule has 0 bridgehead atoms. The van der Waals surface area contributed by atoms with Crippen molar-refractivity contribution in [2.24, 2.45) is 0 Å². The second-order valence-electron chi connectivity index (χ2n) is 5.01. The van der Waals surface area contributed by atoms with Gasteiger partial charge in [0.25, 0.3) is 0 Å². The van der Waals surface area contributed by atoms with E-state index in [2.05, 4.69) is 17.1 Å². The van der Waals surface area contributed by atoms with Crippen LogP contribution in [0, 0.1) is 0 Å². The highest BCUT2D eigenvalue weighted by molar-refractivity contribution is 6.30. The number of benzene rings is 2. The van der Waals surface area contributed by atoms with Crippen molar-refractivity contribution in [2.45, 2.75) is 0 Å². The molecular weight excluding hydrogens is 294 g/mol. The molecule has 0 saturated carbocycles. The molecule has 22 heavy (non-hydrogen) atoms. The predicted octanol–water partition coefficient (Wildman–Crippen LogP) is 4.72. The standard InChI is InChI=1S/C18H12ClN3/c19-15-8-6-14(7-9-15)17-18-20-10-11-22(18)12-16(21-17)13-4-2-1-3-5-13/h1-12H. The van der Waals surface area contributed by atoms with Gasteiger partial charge in [-0.2, -0.15) is 0 Å². The Morgan fingerprint density at radius 1 is 0.864 bits per heavy atom. The summed E-state index contributed by atoms with van der Waals surface area (Å²) in [6.45, 7) is 0.